The first kappa shape index (κ1) is 24.0. The molecule has 1 atom stereocenters. The first-order valence-electron chi connectivity index (χ1n) is 11.1. The number of Topliss-reactive ketones (excluding diaryl/α,β-unsaturated/α-hetero) is 1. The number of carbonyl (C=O) groups is 3. The average Bonchev–Trinajstić information content (AvgIpc) is 2.95. The Bertz CT molecular complexity index is 883. The van der Waals surface area contributed by atoms with Crippen LogP contribution in [0.3, 0.4) is 0 Å². The third-order valence-electron chi connectivity index (χ3n) is 6.70. The van der Waals surface area contributed by atoms with E-state index in [-0.39, 0.29) is 30.3 Å². The van der Waals surface area contributed by atoms with Crippen molar-refractivity contribution in [2.24, 2.45) is 11.3 Å². The summed E-state index contributed by atoms with van der Waals surface area (Å²) in [7, 11) is 1.46. The third kappa shape index (κ3) is 4.90. The van der Waals surface area contributed by atoms with Crippen LogP contribution in [0, 0.1) is 11.3 Å². The molecule has 1 aliphatic heterocycles. The molecular weight excluding hydrogens is 412 g/mol. The minimum Gasteiger partial charge on any atom is -0.493 e. The summed E-state index contributed by atoms with van der Waals surface area (Å²) in [6.07, 6.45) is 1.92. The molecule has 1 aromatic rings. The van der Waals surface area contributed by atoms with E-state index in [9.17, 15) is 19.5 Å². The lowest BCUT2D eigenvalue weighted by Gasteiger charge is -2.40. The standard InChI is InChI=1S/C24H34N2O6/c1-15(27)16-6-7-19(20(12-16)31-5)32-14-18(28)13-26-21(29)24(25-22(26)30)10-8-17(9-11-24)23(2,3)4/h6-7,12,17-18,28H,8-11,13-14H2,1-5H3,(H,25,30)/t17?,18-,24?/m0/s1. The number of amides is 3. The monoisotopic (exact) mass is 446 g/mol. The number of carbonyl (C=O) groups excluding carboxylic acids is 3. The lowest BCUT2D eigenvalue weighted by molar-refractivity contribution is -0.134. The first-order chi connectivity index (χ1) is 15.0. The van der Waals surface area contributed by atoms with Crippen molar-refractivity contribution in [2.75, 3.05) is 20.3 Å². The van der Waals surface area contributed by atoms with E-state index in [0.717, 1.165) is 17.7 Å². The van der Waals surface area contributed by atoms with Crippen LogP contribution in [0.5, 0.6) is 11.5 Å². The maximum absolute atomic E-state index is 13.1. The number of ketones is 1. The molecule has 8 nitrogen and oxygen atoms in total. The highest BCUT2D eigenvalue weighted by Crippen LogP contribution is 2.43. The number of imide groups is 1. The zero-order valence-electron chi connectivity index (χ0n) is 19.6. The van der Waals surface area contributed by atoms with E-state index in [1.165, 1.54) is 14.0 Å². The Balaban J connectivity index is 1.59. The van der Waals surface area contributed by atoms with Gasteiger partial charge in [0.2, 0.25) is 0 Å². The number of hydrogen-bond acceptors (Lipinski definition) is 6. The number of β-amino-alcohol motifs (C(OH)–C–C–N with tert-alkyl or cyclic N) is 1. The fourth-order valence-electron chi connectivity index (χ4n) is 4.61. The van der Waals surface area contributed by atoms with E-state index in [0.29, 0.717) is 35.8 Å². The van der Waals surface area contributed by atoms with E-state index in [1.54, 1.807) is 18.2 Å². The maximum Gasteiger partial charge on any atom is 0.325 e. The first-order valence-corrected chi connectivity index (χ1v) is 11.1. The van der Waals surface area contributed by atoms with Crippen LogP contribution in [0.1, 0.15) is 63.7 Å². The van der Waals surface area contributed by atoms with Gasteiger partial charge in [-0.25, -0.2) is 4.79 Å². The van der Waals surface area contributed by atoms with Crippen LogP contribution >= 0.6 is 0 Å². The highest BCUT2D eigenvalue weighted by Gasteiger charge is 2.53. The van der Waals surface area contributed by atoms with Crippen LogP contribution in [-0.4, -0.2) is 59.6 Å². The molecule has 0 radical (unpaired) electrons. The van der Waals surface area contributed by atoms with Gasteiger partial charge in [-0.1, -0.05) is 20.8 Å². The molecule has 2 N–H and O–H groups in total. The van der Waals surface area contributed by atoms with Gasteiger partial charge in [0, 0.05) is 5.56 Å². The second-order valence-electron chi connectivity index (χ2n) is 9.95. The molecule has 3 rings (SSSR count). The molecule has 1 aromatic carbocycles. The Morgan fingerprint density at radius 1 is 1.25 bits per heavy atom. The van der Waals surface area contributed by atoms with Crippen molar-refractivity contribution < 1.29 is 29.0 Å². The van der Waals surface area contributed by atoms with Crippen molar-refractivity contribution in [1.29, 1.82) is 0 Å². The summed E-state index contributed by atoms with van der Waals surface area (Å²) < 4.78 is 10.9. The van der Waals surface area contributed by atoms with Gasteiger partial charge >= 0.3 is 6.03 Å². The number of nitrogens with one attached hydrogen (secondary N) is 1. The predicted octanol–water partition coefficient (Wildman–Crippen LogP) is 3.16. The highest BCUT2D eigenvalue weighted by atomic mass is 16.5. The van der Waals surface area contributed by atoms with Crippen molar-refractivity contribution in [3.05, 3.63) is 23.8 Å². The predicted molar refractivity (Wildman–Crippen MR) is 119 cm³/mol. The summed E-state index contributed by atoms with van der Waals surface area (Å²) in [6.45, 7) is 7.79. The molecule has 0 unspecified atom stereocenters. The van der Waals surface area contributed by atoms with Gasteiger partial charge in [-0.05, 0) is 62.1 Å². The number of nitrogens with zero attached hydrogens (tertiary/aromatic N) is 1. The van der Waals surface area contributed by atoms with Crippen LogP contribution in [0.25, 0.3) is 0 Å². The zero-order valence-corrected chi connectivity index (χ0v) is 19.6. The summed E-state index contributed by atoms with van der Waals surface area (Å²) in [5, 5.41) is 13.3. The summed E-state index contributed by atoms with van der Waals surface area (Å²) in [6, 6.07) is 4.31. The number of methoxy groups -OCH3 is 1. The van der Waals surface area contributed by atoms with Crippen LogP contribution in [0.2, 0.25) is 0 Å². The lowest BCUT2D eigenvalue weighted by atomic mass is 9.67. The van der Waals surface area contributed by atoms with Gasteiger partial charge in [-0.2, -0.15) is 0 Å². The van der Waals surface area contributed by atoms with E-state index >= 15 is 0 Å². The van der Waals surface area contributed by atoms with E-state index in [2.05, 4.69) is 26.1 Å². The Kier molecular flexibility index (Phi) is 6.83. The molecular formula is C24H34N2O6. The molecule has 1 aliphatic carbocycles. The molecule has 2 aliphatic rings. The number of benzene rings is 1. The van der Waals surface area contributed by atoms with Crippen LogP contribution in [-0.2, 0) is 4.79 Å². The second-order valence-corrected chi connectivity index (χ2v) is 9.95. The molecule has 1 saturated carbocycles. The van der Waals surface area contributed by atoms with Gasteiger partial charge in [0.05, 0.1) is 13.7 Å². The normalized spacial score (nSPS) is 24.4. The molecule has 2 fully saturated rings. The highest BCUT2D eigenvalue weighted by molar-refractivity contribution is 6.07. The SMILES string of the molecule is COc1cc(C(C)=O)ccc1OC[C@@H](O)CN1C(=O)NC2(CCC(C(C)(C)C)CC2)C1=O. The van der Waals surface area contributed by atoms with Crippen molar-refractivity contribution in [2.45, 2.75) is 65.0 Å². The van der Waals surface area contributed by atoms with Gasteiger partial charge in [-0.15, -0.1) is 0 Å². The Morgan fingerprint density at radius 2 is 1.91 bits per heavy atom. The molecule has 0 bridgehead atoms. The van der Waals surface area contributed by atoms with Gasteiger partial charge in [0.15, 0.2) is 17.3 Å². The molecule has 32 heavy (non-hydrogen) atoms. The summed E-state index contributed by atoms with van der Waals surface area (Å²) >= 11 is 0. The maximum atomic E-state index is 13.1. The fraction of sp³-hybridized carbons (Fsp3) is 0.625. The number of hydrogen-bond donors (Lipinski definition) is 2. The summed E-state index contributed by atoms with van der Waals surface area (Å²) in [5.41, 5.74) is -0.199. The Hall–Kier alpha value is -2.61. The van der Waals surface area contributed by atoms with Gasteiger partial charge < -0.3 is 19.9 Å². The van der Waals surface area contributed by atoms with Gasteiger partial charge in [-0.3, -0.25) is 14.5 Å². The number of rotatable bonds is 7. The topological polar surface area (TPSA) is 105 Å². The van der Waals surface area contributed by atoms with Crippen molar-refractivity contribution in [3.63, 3.8) is 0 Å². The van der Waals surface area contributed by atoms with E-state index in [4.69, 9.17) is 9.47 Å². The quantitative estimate of drug-likeness (QED) is 0.492. The van der Waals surface area contributed by atoms with Crippen LogP contribution in [0.15, 0.2) is 18.2 Å². The Labute approximate surface area is 189 Å². The number of urea groups is 1. The van der Waals surface area contributed by atoms with Crippen LogP contribution < -0.4 is 14.8 Å². The molecule has 176 valence electrons. The van der Waals surface area contributed by atoms with Crippen molar-refractivity contribution >= 4 is 17.7 Å². The number of aliphatic hydroxyl groups excluding tert-OH is 1. The molecule has 1 spiro atoms. The van der Waals surface area contributed by atoms with Gasteiger partial charge in [0.1, 0.15) is 18.2 Å². The number of aliphatic hydroxyl groups is 1. The molecule has 8 heteroatoms. The van der Waals surface area contributed by atoms with Gasteiger partial charge in [0.25, 0.3) is 5.91 Å². The molecule has 1 saturated heterocycles. The molecule has 0 aromatic heterocycles. The smallest absolute Gasteiger partial charge is 0.325 e. The lowest BCUT2D eigenvalue weighted by Crippen LogP contribution is -2.51. The Morgan fingerprint density at radius 3 is 2.47 bits per heavy atom. The zero-order chi connectivity index (χ0) is 23.7. The van der Waals surface area contributed by atoms with Crippen molar-refractivity contribution in [1.82, 2.24) is 10.2 Å². The second kappa shape index (κ2) is 9.10. The van der Waals surface area contributed by atoms with E-state index in [1.807, 2.05) is 0 Å². The third-order valence-corrected chi connectivity index (χ3v) is 6.70. The minimum absolute atomic E-state index is 0.0982. The number of ether oxygens (including phenoxy) is 2. The minimum atomic E-state index is -1.07. The molecule has 1 heterocycles. The molecule has 3 amide bonds. The van der Waals surface area contributed by atoms with E-state index < -0.39 is 17.7 Å². The van der Waals surface area contributed by atoms with Crippen LogP contribution in [0.4, 0.5) is 4.79 Å². The summed E-state index contributed by atoms with van der Waals surface area (Å²) in [4.78, 5) is 38.3. The van der Waals surface area contributed by atoms with Crippen molar-refractivity contribution in [3.8, 4) is 11.5 Å². The summed E-state index contributed by atoms with van der Waals surface area (Å²) in [5.74, 6) is 0.881. The largest absolute Gasteiger partial charge is 0.493 e. The fourth-order valence-corrected chi connectivity index (χ4v) is 4.61. The average molecular weight is 447 g/mol.